The Bertz CT molecular complexity index is 1420. The highest BCUT2D eigenvalue weighted by molar-refractivity contribution is 7.17. The normalized spacial score (nSPS) is 15.7. The Kier molecular flexibility index (Phi) is 6.05. The summed E-state index contributed by atoms with van der Waals surface area (Å²) in [5, 5.41) is 11.7. The molecule has 1 aliphatic rings. The summed E-state index contributed by atoms with van der Waals surface area (Å²) in [6.45, 7) is 3.84. The maximum atomic E-state index is 13.9. The maximum absolute atomic E-state index is 13.9. The van der Waals surface area contributed by atoms with Crippen LogP contribution in [0, 0.1) is 6.92 Å². The first kappa shape index (κ1) is 22.7. The van der Waals surface area contributed by atoms with Crippen LogP contribution in [0.15, 0.2) is 96.3 Å². The van der Waals surface area contributed by atoms with Gasteiger partial charge in [-0.15, -0.1) is 11.3 Å². The summed E-state index contributed by atoms with van der Waals surface area (Å²) in [4.78, 5) is 33.8. The highest BCUT2D eigenvalue weighted by Gasteiger charge is 2.45. The number of carbonyl (C=O) groups is 2. The van der Waals surface area contributed by atoms with Gasteiger partial charge in [-0.25, -0.2) is 4.98 Å². The van der Waals surface area contributed by atoms with E-state index in [1.54, 1.807) is 6.92 Å². The van der Waals surface area contributed by atoms with Crippen LogP contribution in [0.1, 0.15) is 39.5 Å². The predicted octanol–water partition coefficient (Wildman–Crippen LogP) is 6.46. The molecule has 1 atom stereocenters. The first-order valence-corrected chi connectivity index (χ1v) is 12.3. The Morgan fingerprint density at radius 1 is 0.971 bits per heavy atom. The minimum Gasteiger partial charge on any atom is -0.503 e. The molecule has 0 bridgehead atoms. The van der Waals surface area contributed by atoms with Gasteiger partial charge in [0.2, 0.25) is 5.78 Å². The fourth-order valence-electron chi connectivity index (χ4n) is 4.38. The number of ketones is 1. The molecule has 4 aromatic rings. The number of rotatable bonds is 6. The predicted molar refractivity (Wildman–Crippen MR) is 139 cm³/mol. The van der Waals surface area contributed by atoms with Gasteiger partial charge < -0.3 is 5.11 Å². The van der Waals surface area contributed by atoms with Crippen molar-refractivity contribution in [3.8, 4) is 10.6 Å². The van der Waals surface area contributed by atoms with Gasteiger partial charge in [0.1, 0.15) is 5.01 Å². The molecule has 0 fully saturated rings. The van der Waals surface area contributed by atoms with Crippen molar-refractivity contribution in [1.29, 1.82) is 0 Å². The van der Waals surface area contributed by atoms with Crippen LogP contribution in [-0.2, 0) is 11.2 Å². The number of Topliss-reactive ketones (excluding diaryl/α,β-unsaturated/α-hetero) is 1. The largest absolute Gasteiger partial charge is 0.503 e. The summed E-state index contributed by atoms with van der Waals surface area (Å²) in [6.07, 6.45) is 0.873. The molecule has 1 N–H and O–H groups in total. The van der Waals surface area contributed by atoms with Crippen molar-refractivity contribution >= 4 is 28.7 Å². The van der Waals surface area contributed by atoms with E-state index in [1.807, 2.05) is 84.9 Å². The Labute approximate surface area is 208 Å². The maximum Gasteiger partial charge on any atom is 0.294 e. The number of carbonyl (C=O) groups excluding carboxylic acids is 2. The van der Waals surface area contributed by atoms with Crippen molar-refractivity contribution in [3.63, 3.8) is 0 Å². The third-order valence-corrected chi connectivity index (χ3v) is 7.42. The van der Waals surface area contributed by atoms with Gasteiger partial charge in [0, 0.05) is 11.3 Å². The number of aryl methyl sites for hydroxylation is 2. The van der Waals surface area contributed by atoms with Crippen molar-refractivity contribution in [2.75, 3.05) is 4.90 Å². The zero-order valence-corrected chi connectivity index (χ0v) is 20.3. The van der Waals surface area contributed by atoms with E-state index in [1.165, 1.54) is 16.2 Å². The number of aliphatic hydroxyl groups excluding tert-OH is 1. The Balaban J connectivity index is 1.61. The Morgan fingerprint density at radius 3 is 2.23 bits per heavy atom. The average molecular weight is 481 g/mol. The number of nitrogens with zero attached hydrogens (tertiary/aromatic N) is 2. The third kappa shape index (κ3) is 4.06. The molecule has 174 valence electrons. The number of hydrogen-bond acceptors (Lipinski definition) is 5. The highest BCUT2D eigenvalue weighted by Crippen LogP contribution is 2.43. The minimum absolute atomic E-state index is 0.0760. The molecule has 3 aromatic carbocycles. The van der Waals surface area contributed by atoms with Crippen molar-refractivity contribution in [1.82, 2.24) is 4.98 Å². The molecule has 2 heterocycles. The lowest BCUT2D eigenvalue weighted by molar-refractivity contribution is -0.117. The van der Waals surface area contributed by atoms with E-state index in [-0.39, 0.29) is 11.4 Å². The third-order valence-electron chi connectivity index (χ3n) is 6.21. The van der Waals surface area contributed by atoms with Crippen molar-refractivity contribution in [3.05, 3.63) is 118 Å². The second-order valence-corrected chi connectivity index (χ2v) is 9.40. The zero-order chi connectivity index (χ0) is 24.5. The lowest BCUT2D eigenvalue weighted by Crippen LogP contribution is -2.31. The summed E-state index contributed by atoms with van der Waals surface area (Å²) >= 11 is 1.27. The summed E-state index contributed by atoms with van der Waals surface area (Å²) in [6, 6.07) is 25.9. The molecule has 1 aliphatic heterocycles. The van der Waals surface area contributed by atoms with Crippen LogP contribution in [0.4, 0.5) is 5.69 Å². The van der Waals surface area contributed by atoms with Gasteiger partial charge in [-0.3, -0.25) is 14.5 Å². The monoisotopic (exact) mass is 480 g/mol. The van der Waals surface area contributed by atoms with E-state index in [0.29, 0.717) is 16.3 Å². The van der Waals surface area contributed by atoms with E-state index >= 15 is 0 Å². The molecule has 1 amide bonds. The van der Waals surface area contributed by atoms with Crippen LogP contribution in [0.2, 0.25) is 0 Å². The number of aliphatic hydroxyl groups is 1. The first-order valence-electron chi connectivity index (χ1n) is 11.5. The lowest BCUT2D eigenvalue weighted by atomic mass is 9.95. The number of anilines is 1. The number of amides is 1. The molecule has 0 saturated heterocycles. The lowest BCUT2D eigenvalue weighted by Gasteiger charge is -2.27. The molecule has 1 aromatic heterocycles. The molecular weight excluding hydrogens is 456 g/mol. The van der Waals surface area contributed by atoms with Crippen LogP contribution in [0.3, 0.4) is 0 Å². The van der Waals surface area contributed by atoms with Gasteiger partial charge in [0.15, 0.2) is 5.76 Å². The van der Waals surface area contributed by atoms with E-state index in [2.05, 4.69) is 11.9 Å². The van der Waals surface area contributed by atoms with E-state index in [4.69, 9.17) is 0 Å². The minimum atomic E-state index is -0.745. The van der Waals surface area contributed by atoms with Crippen LogP contribution in [0.5, 0.6) is 0 Å². The zero-order valence-electron chi connectivity index (χ0n) is 19.4. The molecular formula is C29H24N2O3S. The Morgan fingerprint density at radius 2 is 1.60 bits per heavy atom. The van der Waals surface area contributed by atoms with Crippen molar-refractivity contribution in [2.24, 2.45) is 0 Å². The fraction of sp³-hybridized carbons (Fsp3) is 0.138. The quantitative estimate of drug-likeness (QED) is 0.321. The van der Waals surface area contributed by atoms with Crippen LogP contribution < -0.4 is 4.90 Å². The smallest absolute Gasteiger partial charge is 0.294 e. The SMILES string of the molecule is CCc1ccc(N2C(=O)C(O)=C(C(=O)c3sc(-c4ccccc4)nc3C)C2c2ccccc2)cc1. The molecule has 5 rings (SSSR count). The topological polar surface area (TPSA) is 70.5 Å². The molecule has 0 aliphatic carbocycles. The van der Waals surface area contributed by atoms with E-state index in [9.17, 15) is 14.7 Å². The molecule has 5 nitrogen and oxygen atoms in total. The Hall–Kier alpha value is -4.03. The number of aromatic nitrogens is 1. The molecule has 35 heavy (non-hydrogen) atoms. The van der Waals surface area contributed by atoms with Gasteiger partial charge in [0.25, 0.3) is 5.91 Å². The number of benzene rings is 3. The highest BCUT2D eigenvalue weighted by atomic mass is 32.1. The fourth-order valence-corrected chi connectivity index (χ4v) is 5.41. The molecule has 0 spiro atoms. The van der Waals surface area contributed by atoms with Gasteiger partial charge in [0.05, 0.1) is 22.2 Å². The van der Waals surface area contributed by atoms with Gasteiger partial charge in [-0.05, 0) is 36.6 Å². The first-order chi connectivity index (χ1) is 17.0. The second kappa shape index (κ2) is 9.31. The molecule has 1 unspecified atom stereocenters. The summed E-state index contributed by atoms with van der Waals surface area (Å²) in [7, 11) is 0. The van der Waals surface area contributed by atoms with E-state index in [0.717, 1.165) is 28.1 Å². The molecule has 6 heteroatoms. The number of hydrogen-bond donors (Lipinski definition) is 1. The summed E-state index contributed by atoms with van der Waals surface area (Å²) in [5.41, 5.74) is 4.08. The second-order valence-electron chi connectivity index (χ2n) is 8.40. The summed E-state index contributed by atoms with van der Waals surface area (Å²) < 4.78 is 0. The van der Waals surface area contributed by atoms with E-state index < -0.39 is 17.7 Å². The van der Waals surface area contributed by atoms with Gasteiger partial charge in [-0.2, -0.15) is 0 Å². The molecule has 0 radical (unpaired) electrons. The van der Waals surface area contributed by atoms with Crippen LogP contribution >= 0.6 is 11.3 Å². The van der Waals surface area contributed by atoms with Crippen LogP contribution in [-0.4, -0.2) is 21.8 Å². The standard InChI is InChI=1S/C29H24N2O3S/c1-3-19-14-16-22(17-15-19)31-24(20-10-6-4-7-11-20)23(26(33)29(31)34)25(32)27-18(2)30-28(35-27)21-12-8-5-9-13-21/h4-17,24,33H,3H2,1-2H3. The van der Waals surface area contributed by atoms with Crippen molar-refractivity contribution in [2.45, 2.75) is 26.3 Å². The molecule has 0 saturated carbocycles. The van der Waals surface area contributed by atoms with Gasteiger partial charge in [-0.1, -0.05) is 79.7 Å². The van der Waals surface area contributed by atoms with Gasteiger partial charge >= 0.3 is 0 Å². The number of thiazole rings is 1. The van der Waals surface area contributed by atoms with Crippen LogP contribution in [0.25, 0.3) is 10.6 Å². The van der Waals surface area contributed by atoms with Crippen molar-refractivity contribution < 1.29 is 14.7 Å². The summed E-state index contributed by atoms with van der Waals surface area (Å²) in [5.74, 6) is -1.48. The average Bonchev–Trinajstić information content (AvgIpc) is 3.42.